The van der Waals surface area contributed by atoms with Gasteiger partial charge >= 0.3 is 5.97 Å². The van der Waals surface area contributed by atoms with Crippen LogP contribution >= 0.6 is 0 Å². The van der Waals surface area contributed by atoms with Crippen LogP contribution in [0.2, 0.25) is 0 Å². The summed E-state index contributed by atoms with van der Waals surface area (Å²) in [7, 11) is 0. The highest BCUT2D eigenvalue weighted by atomic mass is 16.4. The Kier molecular flexibility index (Phi) is 18.1. The Morgan fingerprint density at radius 2 is 1.04 bits per heavy atom. The fraction of sp³-hybridized carbons (Fsp3) is 0.762. The average Bonchev–Trinajstić information content (AvgIpc) is 2.53. The number of hydrogen-bond donors (Lipinski definition) is 1. The summed E-state index contributed by atoms with van der Waals surface area (Å²) in [5.74, 6) is -0.669. The average molecular weight is 323 g/mol. The second-order valence-electron chi connectivity index (χ2n) is 6.42. The van der Waals surface area contributed by atoms with Gasteiger partial charge in [-0.3, -0.25) is 4.79 Å². The van der Waals surface area contributed by atoms with Crippen molar-refractivity contribution in [3.8, 4) is 0 Å². The molecular formula is C21H38O2. The van der Waals surface area contributed by atoms with Crippen molar-refractivity contribution in [2.75, 3.05) is 0 Å². The molecule has 0 atom stereocenters. The van der Waals surface area contributed by atoms with Gasteiger partial charge in [-0.05, 0) is 51.4 Å². The first-order valence-electron chi connectivity index (χ1n) is 9.79. The fourth-order valence-corrected chi connectivity index (χ4v) is 2.56. The molecule has 0 aliphatic heterocycles. The molecule has 2 heteroatoms. The Morgan fingerprint density at radius 3 is 1.43 bits per heavy atom. The first-order chi connectivity index (χ1) is 11.3. The Labute approximate surface area is 144 Å². The Balaban J connectivity index is 3.14. The monoisotopic (exact) mass is 322 g/mol. The minimum atomic E-state index is -0.669. The summed E-state index contributed by atoms with van der Waals surface area (Å²) in [5, 5.41) is 8.53. The third-order valence-electron chi connectivity index (χ3n) is 4.06. The van der Waals surface area contributed by atoms with Crippen molar-refractivity contribution in [1.29, 1.82) is 0 Å². The van der Waals surface area contributed by atoms with Gasteiger partial charge in [0, 0.05) is 6.42 Å². The van der Waals surface area contributed by atoms with Gasteiger partial charge in [-0.25, -0.2) is 0 Å². The van der Waals surface area contributed by atoms with E-state index in [9.17, 15) is 4.79 Å². The van der Waals surface area contributed by atoms with Crippen molar-refractivity contribution < 1.29 is 9.90 Å². The van der Waals surface area contributed by atoms with Crippen LogP contribution in [-0.2, 0) is 4.79 Å². The lowest BCUT2D eigenvalue weighted by atomic mass is 10.1. The van der Waals surface area contributed by atoms with Gasteiger partial charge in [-0.1, -0.05) is 69.8 Å². The van der Waals surface area contributed by atoms with E-state index < -0.39 is 5.97 Å². The molecule has 0 rings (SSSR count). The van der Waals surface area contributed by atoms with Crippen LogP contribution in [0.15, 0.2) is 24.3 Å². The van der Waals surface area contributed by atoms with Crippen LogP contribution in [-0.4, -0.2) is 11.1 Å². The molecule has 0 radical (unpaired) electrons. The van der Waals surface area contributed by atoms with Crippen molar-refractivity contribution in [3.05, 3.63) is 24.3 Å². The second kappa shape index (κ2) is 19.0. The second-order valence-corrected chi connectivity index (χ2v) is 6.42. The van der Waals surface area contributed by atoms with Crippen molar-refractivity contribution in [2.45, 2.75) is 103 Å². The maximum absolute atomic E-state index is 10.4. The van der Waals surface area contributed by atoms with Crippen molar-refractivity contribution in [2.24, 2.45) is 0 Å². The van der Waals surface area contributed by atoms with Gasteiger partial charge < -0.3 is 5.11 Å². The quantitative estimate of drug-likeness (QED) is 0.230. The van der Waals surface area contributed by atoms with Crippen LogP contribution in [0, 0.1) is 0 Å². The smallest absolute Gasteiger partial charge is 0.303 e. The summed E-state index contributed by atoms with van der Waals surface area (Å²) >= 11 is 0. The van der Waals surface area contributed by atoms with E-state index in [1.165, 1.54) is 64.2 Å². The molecule has 0 unspecified atom stereocenters. The van der Waals surface area contributed by atoms with Crippen LogP contribution in [0.4, 0.5) is 0 Å². The highest BCUT2D eigenvalue weighted by Gasteiger charge is 1.95. The first-order valence-corrected chi connectivity index (χ1v) is 9.79. The van der Waals surface area contributed by atoms with E-state index in [0.717, 1.165) is 25.7 Å². The SMILES string of the molecule is CCCC/C=C/CCCCCC/C=C/CCCCCCC(=O)O. The van der Waals surface area contributed by atoms with Crippen LogP contribution < -0.4 is 0 Å². The van der Waals surface area contributed by atoms with Crippen molar-refractivity contribution in [1.82, 2.24) is 0 Å². The van der Waals surface area contributed by atoms with Gasteiger partial charge in [0.2, 0.25) is 0 Å². The normalized spacial score (nSPS) is 11.7. The lowest BCUT2D eigenvalue weighted by Gasteiger charge is -1.98. The first kappa shape index (κ1) is 21.9. The van der Waals surface area contributed by atoms with E-state index in [4.69, 9.17) is 5.11 Å². The van der Waals surface area contributed by atoms with E-state index in [0.29, 0.717) is 6.42 Å². The van der Waals surface area contributed by atoms with Gasteiger partial charge in [0.25, 0.3) is 0 Å². The predicted molar refractivity (Wildman–Crippen MR) is 101 cm³/mol. The van der Waals surface area contributed by atoms with Gasteiger partial charge in [0.15, 0.2) is 0 Å². The summed E-state index contributed by atoms with van der Waals surface area (Å²) in [6, 6.07) is 0. The summed E-state index contributed by atoms with van der Waals surface area (Å²) in [6.45, 7) is 2.24. The summed E-state index contributed by atoms with van der Waals surface area (Å²) in [6.07, 6.45) is 26.7. The lowest BCUT2D eigenvalue weighted by molar-refractivity contribution is -0.137. The van der Waals surface area contributed by atoms with E-state index in [1.54, 1.807) is 0 Å². The third kappa shape index (κ3) is 21.0. The summed E-state index contributed by atoms with van der Waals surface area (Å²) in [5.41, 5.74) is 0. The number of aliphatic carboxylic acids is 1. The van der Waals surface area contributed by atoms with Crippen LogP contribution in [0.3, 0.4) is 0 Å². The molecule has 0 fully saturated rings. The lowest BCUT2D eigenvalue weighted by Crippen LogP contribution is -1.93. The molecule has 0 saturated carbocycles. The molecule has 0 aliphatic carbocycles. The van der Waals surface area contributed by atoms with E-state index in [1.807, 2.05) is 0 Å². The molecule has 134 valence electrons. The number of unbranched alkanes of at least 4 members (excludes halogenated alkanes) is 11. The standard InChI is InChI=1S/C21H38O2/c1-2-3-4-5-6-7-8-9-10-11-12-13-14-15-16-17-18-19-20-21(22)23/h5-6,13-14H,2-4,7-12,15-20H2,1H3,(H,22,23)/b6-5+,14-13+. The Morgan fingerprint density at radius 1 is 0.652 bits per heavy atom. The highest BCUT2D eigenvalue weighted by molar-refractivity contribution is 5.66. The van der Waals surface area contributed by atoms with Crippen LogP contribution in [0.25, 0.3) is 0 Å². The van der Waals surface area contributed by atoms with Crippen molar-refractivity contribution in [3.63, 3.8) is 0 Å². The zero-order chi connectivity index (χ0) is 17.0. The number of carboxylic acid groups (broad SMARTS) is 1. The molecule has 0 saturated heterocycles. The van der Waals surface area contributed by atoms with Gasteiger partial charge in [-0.2, -0.15) is 0 Å². The Hall–Kier alpha value is -1.05. The number of rotatable bonds is 17. The molecule has 23 heavy (non-hydrogen) atoms. The molecule has 0 aliphatic rings. The minimum absolute atomic E-state index is 0.324. The molecule has 0 aromatic carbocycles. The predicted octanol–water partition coefficient (Wildman–Crippen LogP) is 7.05. The van der Waals surface area contributed by atoms with Gasteiger partial charge in [-0.15, -0.1) is 0 Å². The zero-order valence-corrected chi connectivity index (χ0v) is 15.3. The van der Waals surface area contributed by atoms with E-state index in [-0.39, 0.29) is 0 Å². The van der Waals surface area contributed by atoms with Gasteiger partial charge in [0.1, 0.15) is 0 Å². The minimum Gasteiger partial charge on any atom is -0.481 e. The molecule has 2 nitrogen and oxygen atoms in total. The van der Waals surface area contributed by atoms with Crippen LogP contribution in [0.1, 0.15) is 103 Å². The molecule has 0 aromatic rings. The number of carbonyl (C=O) groups is 1. The van der Waals surface area contributed by atoms with Gasteiger partial charge in [0.05, 0.1) is 0 Å². The maximum atomic E-state index is 10.4. The third-order valence-corrected chi connectivity index (χ3v) is 4.06. The van der Waals surface area contributed by atoms with Crippen LogP contribution in [0.5, 0.6) is 0 Å². The van der Waals surface area contributed by atoms with Crippen molar-refractivity contribution >= 4 is 5.97 Å². The topological polar surface area (TPSA) is 37.3 Å². The number of carboxylic acids is 1. The zero-order valence-electron chi connectivity index (χ0n) is 15.3. The molecule has 0 aromatic heterocycles. The fourth-order valence-electron chi connectivity index (χ4n) is 2.56. The molecule has 0 bridgehead atoms. The molecule has 1 N–H and O–H groups in total. The highest BCUT2D eigenvalue weighted by Crippen LogP contribution is 2.09. The largest absolute Gasteiger partial charge is 0.481 e. The summed E-state index contributed by atoms with van der Waals surface area (Å²) < 4.78 is 0. The van der Waals surface area contributed by atoms with E-state index >= 15 is 0 Å². The summed E-state index contributed by atoms with van der Waals surface area (Å²) in [4.78, 5) is 10.4. The maximum Gasteiger partial charge on any atom is 0.303 e. The van der Waals surface area contributed by atoms with E-state index in [2.05, 4.69) is 31.2 Å². The number of hydrogen-bond acceptors (Lipinski definition) is 1. The number of allylic oxidation sites excluding steroid dienone is 4. The molecule has 0 heterocycles. The molecule has 0 spiro atoms. The molecule has 0 amide bonds. The Bertz CT molecular complexity index is 305. The molecular weight excluding hydrogens is 284 g/mol.